The van der Waals surface area contributed by atoms with E-state index in [0.717, 1.165) is 28.6 Å². The fourth-order valence-electron chi connectivity index (χ4n) is 2.90. The molecule has 0 aliphatic heterocycles. The van der Waals surface area contributed by atoms with E-state index in [9.17, 15) is 4.79 Å². The van der Waals surface area contributed by atoms with E-state index in [1.807, 2.05) is 66.2 Å². The molecule has 0 fully saturated rings. The SMILES string of the molecule is COc1ccc(OCCCC(=O)NCc2ccccc2-n2ccnc2C)cc1. The summed E-state index contributed by atoms with van der Waals surface area (Å²) in [6, 6.07) is 15.4. The Morgan fingerprint density at radius 1 is 1.11 bits per heavy atom. The lowest BCUT2D eigenvalue weighted by Gasteiger charge is -2.13. The van der Waals surface area contributed by atoms with Gasteiger partial charge in [-0.05, 0) is 49.2 Å². The Hall–Kier alpha value is -3.28. The van der Waals surface area contributed by atoms with Gasteiger partial charge in [0.25, 0.3) is 0 Å². The Morgan fingerprint density at radius 3 is 2.57 bits per heavy atom. The number of imidazole rings is 1. The number of rotatable bonds is 9. The third-order valence-corrected chi connectivity index (χ3v) is 4.43. The molecule has 28 heavy (non-hydrogen) atoms. The number of benzene rings is 2. The Morgan fingerprint density at radius 2 is 1.86 bits per heavy atom. The van der Waals surface area contributed by atoms with Gasteiger partial charge in [0.1, 0.15) is 17.3 Å². The van der Waals surface area contributed by atoms with Crippen LogP contribution in [-0.2, 0) is 11.3 Å². The van der Waals surface area contributed by atoms with Crippen LogP contribution in [0.2, 0.25) is 0 Å². The van der Waals surface area contributed by atoms with Crippen LogP contribution in [0.4, 0.5) is 0 Å². The average Bonchev–Trinajstić information content (AvgIpc) is 3.16. The highest BCUT2D eigenvalue weighted by Gasteiger charge is 2.08. The molecule has 0 aliphatic rings. The highest BCUT2D eigenvalue weighted by molar-refractivity contribution is 5.76. The molecule has 0 saturated carbocycles. The lowest BCUT2D eigenvalue weighted by atomic mass is 10.1. The maximum atomic E-state index is 12.2. The van der Waals surface area contributed by atoms with Crippen molar-refractivity contribution in [2.45, 2.75) is 26.3 Å². The van der Waals surface area contributed by atoms with Gasteiger partial charge in [-0.2, -0.15) is 0 Å². The molecule has 0 spiro atoms. The number of hydrogen-bond donors (Lipinski definition) is 1. The lowest BCUT2D eigenvalue weighted by Crippen LogP contribution is -2.23. The number of amides is 1. The molecule has 0 aliphatic carbocycles. The van der Waals surface area contributed by atoms with Crippen molar-refractivity contribution in [1.82, 2.24) is 14.9 Å². The minimum atomic E-state index is 0.00971. The van der Waals surface area contributed by atoms with Crippen molar-refractivity contribution in [1.29, 1.82) is 0 Å². The standard InChI is InChI=1S/C22H25N3O3/c1-17-23-13-14-25(17)21-7-4-3-6-18(21)16-24-22(26)8-5-15-28-20-11-9-19(27-2)10-12-20/h3-4,6-7,9-14H,5,8,15-16H2,1-2H3,(H,24,26). The van der Waals surface area contributed by atoms with Crippen molar-refractivity contribution in [2.24, 2.45) is 0 Å². The molecule has 146 valence electrons. The molecule has 1 aromatic heterocycles. The molecular weight excluding hydrogens is 354 g/mol. The lowest BCUT2D eigenvalue weighted by molar-refractivity contribution is -0.121. The number of aryl methyl sites for hydroxylation is 1. The molecule has 0 atom stereocenters. The first-order chi connectivity index (χ1) is 13.7. The summed E-state index contributed by atoms with van der Waals surface area (Å²) in [5, 5.41) is 2.99. The first-order valence-corrected chi connectivity index (χ1v) is 9.29. The van der Waals surface area contributed by atoms with Crippen LogP contribution in [0.1, 0.15) is 24.2 Å². The second kappa shape index (κ2) is 9.60. The van der Waals surface area contributed by atoms with Crippen LogP contribution in [0.25, 0.3) is 5.69 Å². The van der Waals surface area contributed by atoms with E-state index in [1.165, 1.54) is 0 Å². The van der Waals surface area contributed by atoms with E-state index >= 15 is 0 Å². The normalized spacial score (nSPS) is 10.5. The van der Waals surface area contributed by atoms with Gasteiger partial charge >= 0.3 is 0 Å². The van der Waals surface area contributed by atoms with Gasteiger partial charge in [0.15, 0.2) is 0 Å². The van der Waals surface area contributed by atoms with Gasteiger partial charge in [-0.1, -0.05) is 18.2 Å². The number of aromatic nitrogens is 2. The fraction of sp³-hybridized carbons (Fsp3) is 0.273. The van der Waals surface area contributed by atoms with Gasteiger partial charge in [-0.15, -0.1) is 0 Å². The molecule has 6 heteroatoms. The van der Waals surface area contributed by atoms with Crippen molar-refractivity contribution in [2.75, 3.05) is 13.7 Å². The van der Waals surface area contributed by atoms with E-state index in [0.29, 0.717) is 26.0 Å². The monoisotopic (exact) mass is 379 g/mol. The smallest absolute Gasteiger partial charge is 0.220 e. The van der Waals surface area contributed by atoms with Crippen LogP contribution >= 0.6 is 0 Å². The molecule has 0 saturated heterocycles. The summed E-state index contributed by atoms with van der Waals surface area (Å²) in [4.78, 5) is 16.4. The van der Waals surface area contributed by atoms with Gasteiger partial charge in [0.05, 0.1) is 19.4 Å². The Bertz CT molecular complexity index is 903. The van der Waals surface area contributed by atoms with Crippen molar-refractivity contribution in [3.05, 3.63) is 72.3 Å². The molecule has 3 rings (SSSR count). The number of methoxy groups -OCH3 is 1. The van der Waals surface area contributed by atoms with Crippen LogP contribution in [0.5, 0.6) is 11.5 Å². The molecule has 1 heterocycles. The number of nitrogens with one attached hydrogen (secondary N) is 1. The van der Waals surface area contributed by atoms with Crippen LogP contribution in [0.3, 0.4) is 0 Å². The molecular formula is C22H25N3O3. The molecule has 1 amide bonds. The fourth-order valence-corrected chi connectivity index (χ4v) is 2.90. The molecule has 6 nitrogen and oxygen atoms in total. The number of carbonyl (C=O) groups excluding carboxylic acids is 1. The molecule has 0 bridgehead atoms. The van der Waals surface area contributed by atoms with E-state index in [1.54, 1.807) is 13.3 Å². The summed E-state index contributed by atoms with van der Waals surface area (Å²) in [7, 11) is 1.63. The van der Waals surface area contributed by atoms with Crippen molar-refractivity contribution >= 4 is 5.91 Å². The average molecular weight is 379 g/mol. The summed E-state index contributed by atoms with van der Waals surface area (Å²) >= 11 is 0. The third kappa shape index (κ3) is 5.13. The summed E-state index contributed by atoms with van der Waals surface area (Å²) in [6.07, 6.45) is 4.77. The van der Waals surface area contributed by atoms with Crippen molar-refractivity contribution in [3.63, 3.8) is 0 Å². The van der Waals surface area contributed by atoms with Crippen molar-refractivity contribution in [3.8, 4) is 17.2 Å². The zero-order valence-electron chi connectivity index (χ0n) is 16.2. The molecule has 1 N–H and O–H groups in total. The highest BCUT2D eigenvalue weighted by atomic mass is 16.5. The van der Waals surface area contributed by atoms with Crippen LogP contribution in [0, 0.1) is 6.92 Å². The Labute approximate surface area is 165 Å². The van der Waals surface area contributed by atoms with Gasteiger partial charge in [-0.25, -0.2) is 4.98 Å². The second-order valence-electron chi connectivity index (χ2n) is 6.38. The van der Waals surface area contributed by atoms with Crippen LogP contribution in [0.15, 0.2) is 60.9 Å². The quantitative estimate of drug-likeness (QED) is 0.576. The maximum Gasteiger partial charge on any atom is 0.220 e. The predicted molar refractivity (Wildman–Crippen MR) is 108 cm³/mol. The van der Waals surface area contributed by atoms with E-state index < -0.39 is 0 Å². The number of para-hydroxylation sites is 1. The molecule has 0 unspecified atom stereocenters. The minimum Gasteiger partial charge on any atom is -0.497 e. The van der Waals surface area contributed by atoms with Gasteiger partial charge in [0, 0.05) is 25.4 Å². The Balaban J connectivity index is 1.44. The zero-order valence-corrected chi connectivity index (χ0v) is 16.2. The zero-order chi connectivity index (χ0) is 19.8. The highest BCUT2D eigenvalue weighted by Crippen LogP contribution is 2.18. The van der Waals surface area contributed by atoms with Gasteiger partial charge < -0.3 is 19.4 Å². The maximum absolute atomic E-state index is 12.2. The summed E-state index contributed by atoms with van der Waals surface area (Å²) < 4.78 is 12.8. The van der Waals surface area contributed by atoms with Crippen LogP contribution < -0.4 is 14.8 Å². The van der Waals surface area contributed by atoms with E-state index in [-0.39, 0.29) is 5.91 Å². The largest absolute Gasteiger partial charge is 0.497 e. The molecule has 2 aromatic carbocycles. The summed E-state index contributed by atoms with van der Waals surface area (Å²) in [5.41, 5.74) is 2.08. The van der Waals surface area contributed by atoms with E-state index in [2.05, 4.69) is 10.3 Å². The molecule has 3 aromatic rings. The van der Waals surface area contributed by atoms with Gasteiger partial charge in [-0.3, -0.25) is 4.79 Å². The third-order valence-electron chi connectivity index (χ3n) is 4.43. The second-order valence-corrected chi connectivity index (χ2v) is 6.38. The van der Waals surface area contributed by atoms with Crippen LogP contribution in [-0.4, -0.2) is 29.2 Å². The first kappa shape index (κ1) is 19.5. The van der Waals surface area contributed by atoms with Crippen molar-refractivity contribution < 1.29 is 14.3 Å². The number of ether oxygens (including phenoxy) is 2. The molecule has 0 radical (unpaired) electrons. The number of hydrogen-bond acceptors (Lipinski definition) is 4. The Kier molecular flexibility index (Phi) is 6.68. The first-order valence-electron chi connectivity index (χ1n) is 9.29. The summed E-state index contributed by atoms with van der Waals surface area (Å²) in [5.74, 6) is 2.48. The summed E-state index contributed by atoms with van der Waals surface area (Å²) in [6.45, 7) is 2.93. The van der Waals surface area contributed by atoms with Gasteiger partial charge in [0.2, 0.25) is 5.91 Å². The predicted octanol–water partition coefficient (Wildman–Crippen LogP) is 3.66. The topological polar surface area (TPSA) is 65.4 Å². The number of nitrogens with zero attached hydrogens (tertiary/aromatic N) is 2. The minimum absolute atomic E-state index is 0.00971. The number of carbonyl (C=O) groups is 1. The van der Waals surface area contributed by atoms with E-state index in [4.69, 9.17) is 9.47 Å².